The second-order valence-corrected chi connectivity index (χ2v) is 14.7. The van der Waals surface area contributed by atoms with Crippen LogP contribution in [0.25, 0.3) is 5.57 Å². The Morgan fingerprint density at radius 3 is 2.48 bits per heavy atom. The van der Waals surface area contributed by atoms with Crippen molar-refractivity contribution in [2.24, 2.45) is 0 Å². The molecule has 3 heterocycles. The Labute approximate surface area is 278 Å². The highest BCUT2D eigenvalue weighted by Gasteiger charge is 2.26. The number of para-hydroxylation sites is 2. The second-order valence-electron chi connectivity index (χ2n) is 12.5. The third-order valence-corrected chi connectivity index (χ3v) is 9.80. The van der Waals surface area contributed by atoms with Crippen LogP contribution in [0.5, 0.6) is 5.75 Å². The van der Waals surface area contributed by atoms with E-state index in [4.69, 9.17) is 21.1 Å². The van der Waals surface area contributed by atoms with E-state index in [1.165, 1.54) is 27.9 Å². The standard InChI is InChI=1S/C34H45ClN6O4S/c1-22(2)41(46(6,42)43)31-10-8-7-9-29(31)37-33-28(35)21-36-34(39-33)38-30-19-24(5)27(20-32(30)45-23(3)4)25-11-15-40(16-12-25)26-13-17-44-18-14-26/h7-11,19-23,26H,12-18H2,1-6H3,(H2,36,37,38,39). The van der Waals surface area contributed by atoms with Crippen molar-refractivity contribution >= 4 is 56.0 Å². The van der Waals surface area contributed by atoms with Crippen molar-refractivity contribution in [1.29, 1.82) is 0 Å². The average Bonchev–Trinajstić information content (AvgIpc) is 3.00. The number of aryl methyl sites for hydroxylation is 1. The lowest BCUT2D eigenvalue weighted by molar-refractivity contribution is 0.0378. The van der Waals surface area contributed by atoms with Crippen LogP contribution in [0.3, 0.4) is 0 Å². The van der Waals surface area contributed by atoms with Crippen LogP contribution < -0.4 is 19.7 Å². The summed E-state index contributed by atoms with van der Waals surface area (Å²) in [7, 11) is -3.54. The van der Waals surface area contributed by atoms with Gasteiger partial charge in [-0.1, -0.05) is 29.8 Å². The number of sulfonamides is 1. The molecule has 2 N–H and O–H groups in total. The number of halogens is 1. The molecule has 2 aromatic carbocycles. The fourth-order valence-electron chi connectivity index (χ4n) is 6.17. The molecule has 12 heteroatoms. The van der Waals surface area contributed by atoms with Gasteiger partial charge in [-0.05, 0) is 94.8 Å². The Bertz CT molecular complexity index is 1670. The molecule has 0 amide bonds. The summed E-state index contributed by atoms with van der Waals surface area (Å²) in [5.74, 6) is 1.37. The summed E-state index contributed by atoms with van der Waals surface area (Å²) in [4.78, 5) is 11.7. The number of ether oxygens (including phenoxy) is 2. The largest absolute Gasteiger partial charge is 0.489 e. The zero-order chi connectivity index (χ0) is 33.0. The molecule has 2 aliphatic rings. The van der Waals surface area contributed by atoms with Crippen molar-refractivity contribution in [2.45, 2.75) is 72.1 Å². The quantitative estimate of drug-likeness (QED) is 0.220. The minimum Gasteiger partial charge on any atom is -0.489 e. The van der Waals surface area contributed by atoms with Crippen molar-refractivity contribution in [2.75, 3.05) is 47.5 Å². The average molecular weight is 669 g/mol. The highest BCUT2D eigenvalue weighted by Crippen LogP contribution is 2.38. The van der Waals surface area contributed by atoms with Crippen molar-refractivity contribution in [3.8, 4) is 5.75 Å². The molecule has 46 heavy (non-hydrogen) atoms. The monoisotopic (exact) mass is 668 g/mol. The van der Waals surface area contributed by atoms with Crippen LogP contribution in [0, 0.1) is 6.92 Å². The predicted octanol–water partition coefficient (Wildman–Crippen LogP) is 7.16. The Hall–Kier alpha value is -3.38. The van der Waals surface area contributed by atoms with Gasteiger partial charge < -0.3 is 20.1 Å². The molecule has 1 fully saturated rings. The lowest BCUT2D eigenvalue weighted by atomic mass is 9.93. The summed E-state index contributed by atoms with van der Waals surface area (Å²) < 4.78 is 38.5. The zero-order valence-electron chi connectivity index (χ0n) is 27.5. The van der Waals surface area contributed by atoms with Crippen LogP contribution in [-0.4, -0.2) is 74.0 Å². The number of hydrogen-bond donors (Lipinski definition) is 2. The number of aromatic nitrogens is 2. The van der Waals surface area contributed by atoms with Gasteiger partial charge in [-0.2, -0.15) is 4.98 Å². The van der Waals surface area contributed by atoms with Crippen LogP contribution in [0.4, 0.5) is 28.8 Å². The molecule has 0 unspecified atom stereocenters. The van der Waals surface area contributed by atoms with Crippen molar-refractivity contribution < 1.29 is 17.9 Å². The molecule has 10 nitrogen and oxygen atoms in total. The maximum absolute atomic E-state index is 12.7. The Balaban J connectivity index is 1.41. The highest BCUT2D eigenvalue weighted by molar-refractivity contribution is 7.92. The normalized spacial score (nSPS) is 16.4. The fourth-order valence-corrected chi connectivity index (χ4v) is 7.59. The van der Waals surface area contributed by atoms with Crippen LogP contribution in [-0.2, 0) is 14.8 Å². The molecule has 0 saturated carbocycles. The summed E-state index contributed by atoms with van der Waals surface area (Å²) in [6, 6.07) is 11.7. The van der Waals surface area contributed by atoms with Gasteiger partial charge in [-0.25, -0.2) is 13.4 Å². The molecule has 0 atom stereocenters. The molecule has 2 aliphatic heterocycles. The number of nitrogens with one attached hydrogen (secondary N) is 2. The Kier molecular flexibility index (Phi) is 10.8. The minimum absolute atomic E-state index is 0.0425. The van der Waals surface area contributed by atoms with Crippen LogP contribution >= 0.6 is 11.6 Å². The third-order valence-electron chi connectivity index (χ3n) is 8.19. The van der Waals surface area contributed by atoms with Gasteiger partial charge in [0.05, 0.1) is 35.6 Å². The van der Waals surface area contributed by atoms with E-state index in [-0.39, 0.29) is 12.1 Å². The first-order valence-electron chi connectivity index (χ1n) is 15.9. The van der Waals surface area contributed by atoms with Gasteiger partial charge in [0.1, 0.15) is 10.8 Å². The van der Waals surface area contributed by atoms with Crippen molar-refractivity contribution in [3.05, 3.63) is 64.8 Å². The number of rotatable bonds is 11. The molecule has 0 radical (unpaired) electrons. The van der Waals surface area contributed by atoms with Gasteiger partial charge in [-0.3, -0.25) is 9.21 Å². The summed E-state index contributed by atoms with van der Waals surface area (Å²) in [6.07, 6.45) is 8.20. The first-order chi connectivity index (χ1) is 21.9. The summed E-state index contributed by atoms with van der Waals surface area (Å²) in [5, 5.41) is 6.87. The molecule has 5 rings (SSSR count). The smallest absolute Gasteiger partial charge is 0.232 e. The van der Waals surface area contributed by atoms with E-state index in [0.29, 0.717) is 40.0 Å². The van der Waals surface area contributed by atoms with E-state index in [1.807, 2.05) is 33.8 Å². The molecule has 0 bridgehead atoms. The van der Waals surface area contributed by atoms with Gasteiger partial charge in [0.25, 0.3) is 0 Å². The SMILES string of the molecule is Cc1cc(Nc2ncc(Cl)c(Nc3ccccc3N(C(C)C)S(C)(=O)=O)n2)c(OC(C)C)cc1C1=CCN(C2CCOCC2)CC1. The number of anilines is 5. The maximum atomic E-state index is 12.7. The molecule has 1 saturated heterocycles. The molecule has 3 aromatic rings. The van der Waals surface area contributed by atoms with Gasteiger partial charge in [0, 0.05) is 38.4 Å². The fraction of sp³-hybridized carbons (Fsp3) is 0.471. The van der Waals surface area contributed by atoms with E-state index in [2.05, 4.69) is 50.6 Å². The Morgan fingerprint density at radius 2 is 1.83 bits per heavy atom. The molecular weight excluding hydrogens is 624 g/mol. The third kappa shape index (κ3) is 8.12. The van der Waals surface area contributed by atoms with E-state index in [9.17, 15) is 8.42 Å². The van der Waals surface area contributed by atoms with E-state index < -0.39 is 10.0 Å². The lowest BCUT2D eigenvalue weighted by Gasteiger charge is -2.36. The van der Waals surface area contributed by atoms with Crippen LogP contribution in [0.1, 0.15) is 58.1 Å². The topological polar surface area (TPSA) is 109 Å². The van der Waals surface area contributed by atoms with Crippen LogP contribution in [0.15, 0.2) is 48.7 Å². The maximum Gasteiger partial charge on any atom is 0.232 e. The van der Waals surface area contributed by atoms with E-state index in [0.717, 1.165) is 56.8 Å². The zero-order valence-corrected chi connectivity index (χ0v) is 29.1. The van der Waals surface area contributed by atoms with Crippen molar-refractivity contribution in [3.63, 3.8) is 0 Å². The van der Waals surface area contributed by atoms with E-state index in [1.54, 1.807) is 18.2 Å². The minimum atomic E-state index is -3.54. The molecule has 0 aliphatic carbocycles. The van der Waals surface area contributed by atoms with Crippen molar-refractivity contribution in [1.82, 2.24) is 14.9 Å². The highest BCUT2D eigenvalue weighted by atomic mass is 35.5. The van der Waals surface area contributed by atoms with Gasteiger partial charge >= 0.3 is 0 Å². The molecule has 0 spiro atoms. The molecular formula is C34H45ClN6O4S. The number of benzene rings is 2. The number of hydrogen-bond acceptors (Lipinski definition) is 9. The van der Waals surface area contributed by atoms with Gasteiger partial charge in [-0.15, -0.1) is 0 Å². The summed E-state index contributed by atoms with van der Waals surface area (Å²) >= 11 is 6.54. The first kappa shape index (κ1) is 34.0. The number of nitrogens with zero attached hydrogens (tertiary/aromatic N) is 4. The van der Waals surface area contributed by atoms with Crippen LogP contribution in [0.2, 0.25) is 5.02 Å². The molecule has 1 aromatic heterocycles. The summed E-state index contributed by atoms with van der Waals surface area (Å²) in [5.41, 5.74) is 5.43. The first-order valence-corrected chi connectivity index (χ1v) is 18.1. The lowest BCUT2D eigenvalue weighted by Crippen LogP contribution is -2.41. The van der Waals surface area contributed by atoms with Gasteiger partial charge in [0.2, 0.25) is 16.0 Å². The summed E-state index contributed by atoms with van der Waals surface area (Å²) in [6.45, 7) is 13.5. The van der Waals surface area contributed by atoms with E-state index >= 15 is 0 Å². The Morgan fingerprint density at radius 1 is 1.09 bits per heavy atom. The molecule has 248 valence electrons. The van der Waals surface area contributed by atoms with Gasteiger partial charge in [0.15, 0.2) is 5.82 Å². The predicted molar refractivity (Wildman–Crippen MR) is 187 cm³/mol. The second kappa shape index (κ2) is 14.6.